The summed E-state index contributed by atoms with van der Waals surface area (Å²) in [6.07, 6.45) is 1.71. The van der Waals surface area contributed by atoms with Crippen molar-refractivity contribution in [2.75, 3.05) is 6.54 Å². The third-order valence-electron chi connectivity index (χ3n) is 3.52. The number of carbonyl (C=O) groups is 1. The Morgan fingerprint density at radius 3 is 2.95 bits per heavy atom. The Kier molecular flexibility index (Phi) is 3.19. The van der Waals surface area contributed by atoms with Gasteiger partial charge in [0.2, 0.25) is 10.0 Å². The Balaban J connectivity index is 2.10. The number of hydrogen-bond acceptors (Lipinski definition) is 5. The lowest BCUT2D eigenvalue weighted by molar-refractivity contribution is -0.140. The first-order valence-corrected chi connectivity index (χ1v) is 7.70. The first-order valence-electron chi connectivity index (χ1n) is 6.26. The van der Waals surface area contributed by atoms with Gasteiger partial charge in [-0.3, -0.25) is 4.79 Å². The summed E-state index contributed by atoms with van der Waals surface area (Å²) in [4.78, 5) is 17.9. The van der Waals surface area contributed by atoms with Gasteiger partial charge in [0, 0.05) is 30.7 Å². The summed E-state index contributed by atoms with van der Waals surface area (Å²) >= 11 is 0. The predicted octanol–water partition coefficient (Wildman–Crippen LogP) is -0.229. The number of aromatic nitrogens is 2. The van der Waals surface area contributed by atoms with Gasteiger partial charge in [-0.25, -0.2) is 13.4 Å². The predicted molar refractivity (Wildman–Crippen MR) is 72.0 cm³/mol. The van der Waals surface area contributed by atoms with Crippen molar-refractivity contribution in [3.63, 3.8) is 0 Å². The largest absolute Gasteiger partial charge is 0.480 e. The molecule has 0 aromatic carbocycles. The Hall–Kier alpha value is -1.97. The fraction of sp³-hybridized carbons (Fsp3) is 0.333. The van der Waals surface area contributed by atoms with Crippen molar-refractivity contribution >= 4 is 27.0 Å². The van der Waals surface area contributed by atoms with Gasteiger partial charge in [0.15, 0.2) is 0 Å². The number of sulfonamides is 1. The van der Waals surface area contributed by atoms with Crippen LogP contribution in [0.25, 0.3) is 11.0 Å². The van der Waals surface area contributed by atoms with Gasteiger partial charge in [-0.15, -0.1) is 0 Å². The van der Waals surface area contributed by atoms with E-state index in [9.17, 15) is 18.3 Å². The maximum absolute atomic E-state index is 12.7. The van der Waals surface area contributed by atoms with Crippen molar-refractivity contribution in [2.24, 2.45) is 0 Å². The first kappa shape index (κ1) is 14.0. The highest BCUT2D eigenvalue weighted by Gasteiger charge is 2.44. The second-order valence-corrected chi connectivity index (χ2v) is 6.73. The zero-order valence-corrected chi connectivity index (χ0v) is 11.6. The van der Waals surface area contributed by atoms with E-state index in [2.05, 4.69) is 9.97 Å². The van der Waals surface area contributed by atoms with Gasteiger partial charge in [-0.1, -0.05) is 0 Å². The van der Waals surface area contributed by atoms with Crippen molar-refractivity contribution in [1.82, 2.24) is 14.3 Å². The van der Waals surface area contributed by atoms with E-state index in [0.717, 1.165) is 4.31 Å². The number of H-pyrrole nitrogens is 1. The number of hydrogen-bond donors (Lipinski definition) is 3. The van der Waals surface area contributed by atoms with Crippen molar-refractivity contribution in [3.8, 4) is 0 Å². The number of nitrogens with zero attached hydrogens (tertiary/aromatic N) is 2. The molecular formula is C12H13N3O5S. The molecule has 0 saturated carbocycles. The van der Waals surface area contributed by atoms with E-state index in [0.29, 0.717) is 11.0 Å². The lowest BCUT2D eigenvalue weighted by Crippen LogP contribution is -2.40. The minimum absolute atomic E-state index is 0.0362. The van der Waals surface area contributed by atoms with Crippen LogP contribution in [0.4, 0.5) is 0 Å². The minimum atomic E-state index is -4.03. The summed E-state index contributed by atoms with van der Waals surface area (Å²) in [6.45, 7) is -0.230. The van der Waals surface area contributed by atoms with Crippen LogP contribution in [0.1, 0.15) is 6.42 Å². The number of aliphatic carboxylic acids is 1. The monoisotopic (exact) mass is 311 g/mol. The highest BCUT2D eigenvalue weighted by molar-refractivity contribution is 7.89. The number of carboxylic acid groups (broad SMARTS) is 1. The molecule has 0 amide bonds. The van der Waals surface area contributed by atoms with Gasteiger partial charge in [0.05, 0.1) is 6.10 Å². The molecule has 2 aromatic rings. The number of aliphatic hydroxyl groups is 1. The SMILES string of the molecule is O=C(O)[C@H]1C[C@@H](O)CN1S(=O)(=O)c1c[nH]c2ncccc12. The number of aromatic amines is 1. The van der Waals surface area contributed by atoms with Crippen LogP contribution in [0.5, 0.6) is 0 Å². The first-order chi connectivity index (χ1) is 9.91. The Labute approximate surface area is 120 Å². The summed E-state index contributed by atoms with van der Waals surface area (Å²) in [7, 11) is -4.03. The number of fused-ring (bicyclic) bond motifs is 1. The molecule has 0 aliphatic carbocycles. The van der Waals surface area contributed by atoms with Crippen LogP contribution >= 0.6 is 0 Å². The molecule has 1 fully saturated rings. The molecule has 0 unspecified atom stereocenters. The Morgan fingerprint density at radius 2 is 2.24 bits per heavy atom. The Morgan fingerprint density at radius 1 is 1.48 bits per heavy atom. The number of rotatable bonds is 3. The zero-order valence-electron chi connectivity index (χ0n) is 10.8. The molecule has 112 valence electrons. The van der Waals surface area contributed by atoms with Gasteiger partial charge in [0.25, 0.3) is 0 Å². The number of pyridine rings is 1. The van der Waals surface area contributed by atoms with Crippen molar-refractivity contribution in [2.45, 2.75) is 23.5 Å². The van der Waals surface area contributed by atoms with Crippen LogP contribution in [-0.4, -0.2) is 57.6 Å². The maximum atomic E-state index is 12.7. The highest BCUT2D eigenvalue weighted by atomic mass is 32.2. The minimum Gasteiger partial charge on any atom is -0.480 e. The summed E-state index contributed by atoms with van der Waals surface area (Å²) in [6, 6.07) is 1.93. The standard InChI is InChI=1S/C12H13N3O5S/c16-7-4-9(12(17)18)15(6-7)21(19,20)10-5-14-11-8(10)2-1-3-13-11/h1-3,5,7,9,16H,4,6H2,(H,13,14)(H,17,18)/t7-,9-/m1/s1. The number of carboxylic acids is 1. The molecule has 0 radical (unpaired) electrons. The molecule has 1 saturated heterocycles. The molecular weight excluding hydrogens is 298 g/mol. The van der Waals surface area contributed by atoms with E-state index >= 15 is 0 Å². The van der Waals surface area contributed by atoms with Crippen LogP contribution in [0, 0.1) is 0 Å². The molecule has 9 heteroatoms. The average Bonchev–Trinajstić information content (AvgIpc) is 3.02. The van der Waals surface area contributed by atoms with Crippen LogP contribution < -0.4 is 0 Å². The lowest BCUT2D eigenvalue weighted by atomic mass is 10.2. The van der Waals surface area contributed by atoms with E-state index in [4.69, 9.17) is 5.11 Å². The lowest BCUT2D eigenvalue weighted by Gasteiger charge is -2.20. The second kappa shape index (κ2) is 4.79. The van der Waals surface area contributed by atoms with Crippen LogP contribution in [0.3, 0.4) is 0 Å². The van der Waals surface area contributed by atoms with Gasteiger partial charge in [-0.05, 0) is 12.1 Å². The van der Waals surface area contributed by atoms with E-state index in [1.165, 1.54) is 12.4 Å². The molecule has 0 bridgehead atoms. The van der Waals surface area contributed by atoms with Crippen LogP contribution in [0.2, 0.25) is 0 Å². The molecule has 0 spiro atoms. The molecule has 3 rings (SSSR count). The van der Waals surface area contributed by atoms with E-state index in [-0.39, 0.29) is 17.9 Å². The third-order valence-corrected chi connectivity index (χ3v) is 5.43. The molecule has 3 N–H and O–H groups in total. The van der Waals surface area contributed by atoms with Crippen LogP contribution in [0.15, 0.2) is 29.4 Å². The summed E-state index contributed by atoms with van der Waals surface area (Å²) in [5, 5.41) is 19.1. The van der Waals surface area contributed by atoms with Crippen molar-refractivity contribution in [3.05, 3.63) is 24.5 Å². The fourth-order valence-electron chi connectivity index (χ4n) is 2.54. The van der Waals surface area contributed by atoms with Crippen LogP contribution in [-0.2, 0) is 14.8 Å². The summed E-state index contributed by atoms with van der Waals surface area (Å²) in [5.74, 6) is -1.27. The molecule has 2 atom stereocenters. The van der Waals surface area contributed by atoms with E-state index < -0.39 is 28.1 Å². The van der Waals surface area contributed by atoms with E-state index in [1.54, 1.807) is 12.1 Å². The normalized spacial score (nSPS) is 23.7. The van der Waals surface area contributed by atoms with Gasteiger partial charge < -0.3 is 15.2 Å². The average molecular weight is 311 g/mol. The third kappa shape index (κ3) is 2.19. The molecule has 3 heterocycles. The van der Waals surface area contributed by atoms with Crippen molar-refractivity contribution < 1.29 is 23.4 Å². The Bertz CT molecular complexity index is 800. The highest BCUT2D eigenvalue weighted by Crippen LogP contribution is 2.30. The van der Waals surface area contributed by atoms with E-state index in [1.807, 2.05) is 0 Å². The molecule has 1 aliphatic rings. The van der Waals surface area contributed by atoms with Crippen molar-refractivity contribution in [1.29, 1.82) is 0 Å². The summed E-state index contributed by atoms with van der Waals surface area (Å²) in [5.41, 5.74) is 0.405. The van der Waals surface area contributed by atoms with Gasteiger partial charge in [0.1, 0.15) is 16.6 Å². The quantitative estimate of drug-likeness (QED) is 0.719. The smallest absolute Gasteiger partial charge is 0.322 e. The summed E-state index contributed by atoms with van der Waals surface area (Å²) < 4.78 is 26.2. The molecule has 1 aliphatic heterocycles. The van der Waals surface area contributed by atoms with Gasteiger partial charge >= 0.3 is 5.97 Å². The molecule has 2 aromatic heterocycles. The molecule has 8 nitrogen and oxygen atoms in total. The number of nitrogens with one attached hydrogen (secondary N) is 1. The topological polar surface area (TPSA) is 124 Å². The second-order valence-electron chi connectivity index (χ2n) is 4.87. The fourth-order valence-corrected chi connectivity index (χ4v) is 4.33. The zero-order chi connectivity index (χ0) is 15.2. The molecule has 21 heavy (non-hydrogen) atoms. The number of aliphatic hydroxyl groups excluding tert-OH is 1. The number of β-amino-alcohol motifs (C(OH)–C–C–N with tert-alkyl or cyclic N) is 1. The maximum Gasteiger partial charge on any atom is 0.322 e. The van der Waals surface area contributed by atoms with Gasteiger partial charge in [-0.2, -0.15) is 4.31 Å².